The Labute approximate surface area is 160 Å². The van der Waals surface area contributed by atoms with Gasteiger partial charge in [0.1, 0.15) is 18.5 Å². The second-order valence-corrected chi connectivity index (χ2v) is 6.31. The lowest BCUT2D eigenvalue weighted by molar-refractivity contribution is -0.0295. The van der Waals surface area contributed by atoms with E-state index in [2.05, 4.69) is 31.1 Å². The number of nitrogens with one attached hydrogen (secondary N) is 2. The van der Waals surface area contributed by atoms with Crippen molar-refractivity contribution < 1.29 is 33.0 Å². The van der Waals surface area contributed by atoms with Crippen molar-refractivity contribution in [3.8, 4) is 0 Å². The molecule has 4 N–H and O–H groups in total. The van der Waals surface area contributed by atoms with Crippen LogP contribution in [0, 0.1) is 24.4 Å². The van der Waals surface area contributed by atoms with Crippen LogP contribution in [0.5, 0.6) is 0 Å². The molecule has 11 heteroatoms. The molecule has 1 atom stereocenters. The van der Waals surface area contributed by atoms with Crippen LogP contribution < -0.4 is 10.8 Å². The number of aromatic nitrogens is 1. The molecule has 27 heavy (non-hydrogen) atoms. The number of halogens is 4. The van der Waals surface area contributed by atoms with E-state index in [0.717, 1.165) is 5.56 Å². The molecule has 0 aliphatic carbocycles. The Bertz CT molecular complexity index is 854. The van der Waals surface area contributed by atoms with Crippen molar-refractivity contribution in [3.05, 3.63) is 51.4 Å². The zero-order chi connectivity index (χ0) is 20.1. The fraction of sp³-hybridized carbons (Fsp3) is 0.250. The molecule has 0 radical (unpaired) electrons. The number of rotatable bonds is 7. The molecule has 1 heterocycles. The zero-order valence-electron chi connectivity index (χ0n) is 13.9. The molecule has 1 aromatic heterocycles. The maximum Gasteiger partial charge on any atom is 0.277 e. The average molecular weight is 450 g/mol. The maximum absolute atomic E-state index is 14.3. The summed E-state index contributed by atoms with van der Waals surface area (Å²) >= 11 is 3.20. The van der Waals surface area contributed by atoms with E-state index in [1.807, 2.05) is 5.48 Å². The minimum Gasteiger partial charge on any atom is -0.394 e. The summed E-state index contributed by atoms with van der Waals surface area (Å²) in [5, 5.41) is 20.3. The molecule has 0 bridgehead atoms. The number of aliphatic hydroxyl groups is 2. The summed E-state index contributed by atoms with van der Waals surface area (Å²) < 4.78 is 41.9. The summed E-state index contributed by atoms with van der Waals surface area (Å²) in [4.78, 5) is 20.8. The third kappa shape index (κ3) is 5.16. The summed E-state index contributed by atoms with van der Waals surface area (Å²) in [6.07, 6.45) is 0.182. The fourth-order valence-electron chi connectivity index (χ4n) is 1.95. The number of hydrogen-bond donors (Lipinski definition) is 4. The number of hydrogen-bond acceptors (Lipinski definition) is 6. The van der Waals surface area contributed by atoms with E-state index < -0.39 is 53.9 Å². The topological polar surface area (TPSA) is 104 Å². The minimum absolute atomic E-state index is 0.0659. The van der Waals surface area contributed by atoms with E-state index >= 15 is 0 Å². The molecule has 2 aromatic rings. The lowest BCUT2D eigenvalue weighted by atomic mass is 10.1. The van der Waals surface area contributed by atoms with Gasteiger partial charge in [-0.2, -0.15) is 0 Å². The number of nitrogens with zero attached hydrogens (tertiary/aromatic N) is 1. The molecule has 146 valence electrons. The van der Waals surface area contributed by atoms with Gasteiger partial charge in [0.25, 0.3) is 5.91 Å². The molecule has 2 rings (SSSR count). The van der Waals surface area contributed by atoms with E-state index in [1.54, 1.807) is 13.0 Å². The quantitative estimate of drug-likeness (QED) is 0.382. The van der Waals surface area contributed by atoms with Crippen molar-refractivity contribution in [2.24, 2.45) is 0 Å². The van der Waals surface area contributed by atoms with Crippen LogP contribution in [0.15, 0.2) is 22.8 Å². The monoisotopic (exact) mass is 449 g/mol. The van der Waals surface area contributed by atoms with Crippen LogP contribution in [0.4, 0.5) is 24.7 Å². The van der Waals surface area contributed by atoms with Crippen LogP contribution in [0.1, 0.15) is 15.9 Å². The first kappa shape index (κ1) is 21.1. The number of hydroxylamine groups is 1. The van der Waals surface area contributed by atoms with Gasteiger partial charge in [-0.15, -0.1) is 0 Å². The van der Waals surface area contributed by atoms with E-state index in [4.69, 9.17) is 10.2 Å². The molecular weight excluding hydrogens is 435 g/mol. The lowest BCUT2D eigenvalue weighted by Crippen LogP contribution is -2.30. The van der Waals surface area contributed by atoms with Gasteiger partial charge >= 0.3 is 0 Å². The van der Waals surface area contributed by atoms with Crippen molar-refractivity contribution in [1.82, 2.24) is 10.5 Å². The molecule has 0 aliphatic rings. The van der Waals surface area contributed by atoms with Gasteiger partial charge < -0.3 is 15.5 Å². The van der Waals surface area contributed by atoms with Gasteiger partial charge in [-0.3, -0.25) is 9.63 Å². The standard InChI is InChI=1S/C16H15BrF3N3O4/c1-7-2-10(17)15(21-4-7)22-14-9(3-11(18)12(19)13(14)20)16(26)23-27-6-8(25)5-24/h2-4,8,24-25H,5-6H2,1H3,(H,21,22)(H,23,26)/t8-/m1/s1. The third-order valence-electron chi connectivity index (χ3n) is 3.28. The summed E-state index contributed by atoms with van der Waals surface area (Å²) in [5.74, 6) is -6.01. The van der Waals surface area contributed by atoms with Gasteiger partial charge in [0.2, 0.25) is 0 Å². The van der Waals surface area contributed by atoms with E-state index in [0.29, 0.717) is 10.5 Å². The van der Waals surface area contributed by atoms with Crippen LogP contribution >= 0.6 is 15.9 Å². The van der Waals surface area contributed by atoms with Crippen LogP contribution in [0.2, 0.25) is 0 Å². The second kappa shape index (κ2) is 9.13. The predicted molar refractivity (Wildman–Crippen MR) is 92.8 cm³/mol. The van der Waals surface area contributed by atoms with Gasteiger partial charge in [-0.25, -0.2) is 23.6 Å². The Kier molecular flexibility index (Phi) is 7.13. The number of anilines is 2. The summed E-state index contributed by atoms with van der Waals surface area (Å²) in [6.45, 7) is 0.675. The number of carbonyl (C=O) groups excluding carboxylic acids is 1. The Morgan fingerprint density at radius 1 is 1.33 bits per heavy atom. The predicted octanol–water partition coefficient (Wildman–Crippen LogP) is 2.33. The normalized spacial score (nSPS) is 12.0. The molecule has 0 saturated heterocycles. The number of carbonyl (C=O) groups is 1. The highest BCUT2D eigenvalue weighted by molar-refractivity contribution is 9.10. The number of benzene rings is 1. The largest absolute Gasteiger partial charge is 0.394 e. The maximum atomic E-state index is 14.3. The van der Waals surface area contributed by atoms with Gasteiger partial charge in [-0.05, 0) is 40.5 Å². The highest BCUT2D eigenvalue weighted by atomic mass is 79.9. The second-order valence-electron chi connectivity index (χ2n) is 5.46. The number of aliphatic hydroxyl groups excluding tert-OH is 2. The smallest absolute Gasteiger partial charge is 0.277 e. The van der Waals surface area contributed by atoms with Crippen LogP contribution in [-0.2, 0) is 4.84 Å². The van der Waals surface area contributed by atoms with Crippen LogP contribution in [0.3, 0.4) is 0 Å². The fourth-order valence-corrected chi connectivity index (χ4v) is 2.51. The van der Waals surface area contributed by atoms with Crippen molar-refractivity contribution in [2.45, 2.75) is 13.0 Å². The molecular formula is C16H15BrF3N3O4. The molecule has 0 spiro atoms. The van der Waals surface area contributed by atoms with Gasteiger partial charge in [0.05, 0.1) is 22.3 Å². The third-order valence-corrected chi connectivity index (χ3v) is 3.88. The highest BCUT2D eigenvalue weighted by Gasteiger charge is 2.24. The Morgan fingerprint density at radius 3 is 2.67 bits per heavy atom. The lowest BCUT2D eigenvalue weighted by Gasteiger charge is -2.15. The summed E-state index contributed by atoms with van der Waals surface area (Å²) in [7, 11) is 0. The molecule has 0 saturated carbocycles. The number of aryl methyl sites for hydroxylation is 1. The van der Waals surface area contributed by atoms with Gasteiger partial charge in [0, 0.05) is 6.20 Å². The van der Waals surface area contributed by atoms with Crippen molar-refractivity contribution in [2.75, 3.05) is 18.5 Å². The molecule has 0 fully saturated rings. The van der Waals surface area contributed by atoms with Crippen molar-refractivity contribution in [3.63, 3.8) is 0 Å². The summed E-state index contributed by atoms with van der Waals surface area (Å²) in [6, 6.07) is 2.14. The summed E-state index contributed by atoms with van der Waals surface area (Å²) in [5.41, 5.74) is 1.38. The Hall–Kier alpha value is -2.21. The van der Waals surface area contributed by atoms with E-state index in [-0.39, 0.29) is 5.82 Å². The van der Waals surface area contributed by atoms with Crippen LogP contribution in [-0.4, -0.2) is 40.4 Å². The molecule has 1 aromatic carbocycles. The Morgan fingerprint density at radius 2 is 2.04 bits per heavy atom. The highest BCUT2D eigenvalue weighted by Crippen LogP contribution is 2.30. The molecule has 0 unspecified atom stereocenters. The zero-order valence-corrected chi connectivity index (χ0v) is 15.5. The van der Waals surface area contributed by atoms with Crippen molar-refractivity contribution >= 4 is 33.3 Å². The number of pyridine rings is 1. The number of amides is 1. The minimum atomic E-state index is -1.77. The average Bonchev–Trinajstić information content (AvgIpc) is 2.63. The SMILES string of the molecule is Cc1cnc(Nc2c(C(=O)NOC[C@H](O)CO)cc(F)c(F)c2F)c(Br)c1. The van der Waals surface area contributed by atoms with E-state index in [1.165, 1.54) is 6.20 Å². The molecule has 1 amide bonds. The van der Waals surface area contributed by atoms with Crippen molar-refractivity contribution in [1.29, 1.82) is 0 Å². The Balaban J connectivity index is 2.34. The first-order valence-electron chi connectivity index (χ1n) is 7.52. The first-order valence-corrected chi connectivity index (χ1v) is 8.31. The van der Waals surface area contributed by atoms with Gasteiger partial charge in [-0.1, -0.05) is 0 Å². The van der Waals surface area contributed by atoms with E-state index in [9.17, 15) is 18.0 Å². The van der Waals surface area contributed by atoms with Crippen LogP contribution in [0.25, 0.3) is 0 Å². The van der Waals surface area contributed by atoms with Gasteiger partial charge in [0.15, 0.2) is 17.5 Å². The first-order chi connectivity index (χ1) is 12.7. The molecule has 0 aliphatic heterocycles. The molecule has 7 nitrogen and oxygen atoms in total.